The fraction of sp³-hybridized carbons (Fsp3) is 0.450. The minimum absolute atomic E-state index is 0.0338. The van der Waals surface area contributed by atoms with Crippen molar-refractivity contribution in [3.05, 3.63) is 50.7 Å². The van der Waals surface area contributed by atoms with Gasteiger partial charge in [0, 0.05) is 47.4 Å². The molecular weight excluding hydrogens is 422 g/mol. The fourth-order valence-electron chi connectivity index (χ4n) is 3.79. The zero-order chi connectivity index (χ0) is 22.0. The molecule has 0 radical (unpaired) electrons. The van der Waals surface area contributed by atoms with Crippen molar-refractivity contribution in [2.24, 2.45) is 0 Å². The van der Waals surface area contributed by atoms with Crippen LogP contribution < -0.4 is 10.6 Å². The van der Waals surface area contributed by atoms with E-state index >= 15 is 0 Å². The van der Waals surface area contributed by atoms with Gasteiger partial charge in [-0.15, -0.1) is 0 Å². The van der Waals surface area contributed by atoms with Crippen LogP contribution >= 0.6 is 11.8 Å². The SMILES string of the molecule is Cc1c(C(=O)Nc2c3c(nn2CC(=O)NCC2CCCO2)CSC3)cccc1[N+](=O)[O-]. The molecule has 31 heavy (non-hydrogen) atoms. The summed E-state index contributed by atoms with van der Waals surface area (Å²) in [4.78, 5) is 36.1. The highest BCUT2D eigenvalue weighted by molar-refractivity contribution is 7.98. The van der Waals surface area contributed by atoms with Gasteiger partial charge in [-0.2, -0.15) is 16.9 Å². The Morgan fingerprint density at radius 2 is 2.23 bits per heavy atom. The molecule has 1 aromatic carbocycles. The Bertz CT molecular complexity index is 1030. The lowest BCUT2D eigenvalue weighted by atomic mass is 10.1. The smallest absolute Gasteiger partial charge is 0.273 e. The Morgan fingerprint density at radius 3 is 2.97 bits per heavy atom. The molecule has 0 bridgehead atoms. The van der Waals surface area contributed by atoms with Crippen molar-refractivity contribution in [3.8, 4) is 0 Å². The molecule has 11 heteroatoms. The molecule has 1 fully saturated rings. The first-order chi connectivity index (χ1) is 14.9. The van der Waals surface area contributed by atoms with E-state index in [2.05, 4.69) is 15.7 Å². The van der Waals surface area contributed by atoms with Gasteiger partial charge in [0.1, 0.15) is 12.4 Å². The third kappa shape index (κ3) is 4.57. The number of nitro benzene ring substituents is 1. The summed E-state index contributed by atoms with van der Waals surface area (Å²) >= 11 is 1.68. The molecule has 1 saturated heterocycles. The van der Waals surface area contributed by atoms with E-state index in [0.29, 0.717) is 23.9 Å². The second kappa shape index (κ2) is 9.06. The number of fused-ring (bicyclic) bond motifs is 1. The number of nitrogens with one attached hydrogen (secondary N) is 2. The average molecular weight is 446 g/mol. The summed E-state index contributed by atoms with van der Waals surface area (Å²) in [5.41, 5.74) is 2.10. The first kappa shape index (κ1) is 21.3. The van der Waals surface area contributed by atoms with Crippen molar-refractivity contribution in [2.45, 2.75) is 43.9 Å². The number of ether oxygens (including phenoxy) is 1. The molecule has 164 valence electrons. The van der Waals surface area contributed by atoms with E-state index in [-0.39, 0.29) is 35.4 Å². The molecule has 0 spiro atoms. The highest BCUT2D eigenvalue weighted by Crippen LogP contribution is 2.35. The molecule has 1 atom stereocenters. The molecule has 2 amide bonds. The van der Waals surface area contributed by atoms with Crippen LogP contribution in [0.4, 0.5) is 11.5 Å². The monoisotopic (exact) mass is 445 g/mol. The lowest BCUT2D eigenvalue weighted by Crippen LogP contribution is -2.34. The maximum atomic E-state index is 12.9. The van der Waals surface area contributed by atoms with Crippen molar-refractivity contribution >= 4 is 35.1 Å². The number of thioether (sulfide) groups is 1. The van der Waals surface area contributed by atoms with Crippen LogP contribution in [-0.4, -0.2) is 45.8 Å². The molecular formula is C20H23N5O5S. The Labute approximate surface area is 182 Å². The van der Waals surface area contributed by atoms with Gasteiger partial charge in [-0.05, 0) is 25.8 Å². The maximum Gasteiger partial charge on any atom is 0.273 e. The van der Waals surface area contributed by atoms with Crippen molar-refractivity contribution in [3.63, 3.8) is 0 Å². The van der Waals surface area contributed by atoms with Crippen LogP contribution in [0.25, 0.3) is 0 Å². The normalized spacial score (nSPS) is 17.4. The summed E-state index contributed by atoms with van der Waals surface area (Å²) in [5, 5.41) is 21.4. The lowest BCUT2D eigenvalue weighted by molar-refractivity contribution is -0.385. The summed E-state index contributed by atoms with van der Waals surface area (Å²) in [6.07, 6.45) is 1.97. The number of nitrogens with zero attached hydrogens (tertiary/aromatic N) is 3. The van der Waals surface area contributed by atoms with E-state index in [1.54, 1.807) is 24.8 Å². The van der Waals surface area contributed by atoms with Crippen LogP contribution in [0.15, 0.2) is 18.2 Å². The first-order valence-electron chi connectivity index (χ1n) is 10.0. The second-order valence-corrected chi connectivity index (χ2v) is 8.51. The molecule has 1 unspecified atom stereocenters. The Balaban J connectivity index is 1.51. The zero-order valence-corrected chi connectivity index (χ0v) is 17.9. The maximum absolute atomic E-state index is 12.9. The fourth-order valence-corrected chi connectivity index (χ4v) is 4.82. The quantitative estimate of drug-likeness (QED) is 0.495. The lowest BCUT2D eigenvalue weighted by Gasteiger charge is -2.14. The van der Waals surface area contributed by atoms with Crippen molar-refractivity contribution in [1.29, 1.82) is 0 Å². The topological polar surface area (TPSA) is 128 Å². The first-order valence-corrected chi connectivity index (χ1v) is 11.2. The molecule has 2 aliphatic heterocycles. The number of carbonyl (C=O) groups excluding carboxylic acids is 2. The van der Waals surface area contributed by atoms with Gasteiger partial charge in [-0.1, -0.05) is 6.07 Å². The summed E-state index contributed by atoms with van der Waals surface area (Å²) in [6, 6.07) is 4.39. The van der Waals surface area contributed by atoms with Crippen LogP contribution in [0.2, 0.25) is 0 Å². The van der Waals surface area contributed by atoms with E-state index in [4.69, 9.17) is 4.74 Å². The second-order valence-electron chi connectivity index (χ2n) is 7.52. The third-order valence-electron chi connectivity index (χ3n) is 5.44. The van der Waals surface area contributed by atoms with Gasteiger partial charge < -0.3 is 15.4 Å². The molecule has 2 aliphatic rings. The summed E-state index contributed by atoms with van der Waals surface area (Å²) in [5.74, 6) is 1.16. The van der Waals surface area contributed by atoms with E-state index in [1.165, 1.54) is 16.8 Å². The van der Waals surface area contributed by atoms with E-state index < -0.39 is 10.8 Å². The number of nitro groups is 1. The number of hydrogen-bond acceptors (Lipinski definition) is 7. The third-order valence-corrected chi connectivity index (χ3v) is 6.41. The van der Waals surface area contributed by atoms with Gasteiger partial charge in [0.25, 0.3) is 11.6 Å². The number of hydrogen-bond donors (Lipinski definition) is 2. The molecule has 0 saturated carbocycles. The predicted molar refractivity (Wildman–Crippen MR) is 115 cm³/mol. The van der Waals surface area contributed by atoms with Crippen LogP contribution in [0, 0.1) is 17.0 Å². The molecule has 0 aliphatic carbocycles. The van der Waals surface area contributed by atoms with Crippen molar-refractivity contribution < 1.29 is 19.2 Å². The number of carbonyl (C=O) groups is 2. The minimum Gasteiger partial charge on any atom is -0.376 e. The highest BCUT2D eigenvalue weighted by Gasteiger charge is 2.27. The van der Waals surface area contributed by atoms with Crippen LogP contribution in [0.1, 0.15) is 40.0 Å². The highest BCUT2D eigenvalue weighted by atomic mass is 32.2. The van der Waals surface area contributed by atoms with E-state index in [0.717, 1.165) is 30.7 Å². The van der Waals surface area contributed by atoms with Crippen LogP contribution in [0.5, 0.6) is 0 Å². The zero-order valence-electron chi connectivity index (χ0n) is 17.1. The summed E-state index contributed by atoms with van der Waals surface area (Å²) < 4.78 is 7.02. The number of amides is 2. The van der Waals surface area contributed by atoms with Gasteiger partial charge in [-0.25, -0.2) is 4.68 Å². The van der Waals surface area contributed by atoms with Crippen molar-refractivity contribution in [2.75, 3.05) is 18.5 Å². The van der Waals surface area contributed by atoms with Gasteiger partial charge in [0.05, 0.1) is 16.7 Å². The summed E-state index contributed by atoms with van der Waals surface area (Å²) in [6.45, 7) is 2.68. The van der Waals surface area contributed by atoms with Crippen molar-refractivity contribution in [1.82, 2.24) is 15.1 Å². The Morgan fingerprint density at radius 1 is 1.39 bits per heavy atom. The van der Waals surface area contributed by atoms with Crippen LogP contribution in [0.3, 0.4) is 0 Å². The molecule has 2 N–H and O–H groups in total. The summed E-state index contributed by atoms with van der Waals surface area (Å²) in [7, 11) is 0. The number of benzene rings is 1. The predicted octanol–water partition coefficient (Wildman–Crippen LogP) is 2.39. The molecule has 1 aromatic heterocycles. The Hall–Kier alpha value is -2.92. The Kier molecular flexibility index (Phi) is 6.23. The standard InChI is InChI=1S/C20H23N5O5S/c1-12-14(5-2-6-17(12)25(28)29)20(27)22-19-15-10-31-11-16(15)23-24(19)9-18(26)21-8-13-4-3-7-30-13/h2,5-6,13H,3-4,7-11H2,1H3,(H,21,26)(H,22,27). The largest absolute Gasteiger partial charge is 0.376 e. The van der Waals surface area contributed by atoms with Gasteiger partial charge >= 0.3 is 0 Å². The van der Waals surface area contributed by atoms with E-state index in [1.807, 2.05) is 0 Å². The molecule has 3 heterocycles. The van der Waals surface area contributed by atoms with E-state index in [9.17, 15) is 19.7 Å². The number of rotatable bonds is 7. The number of anilines is 1. The average Bonchev–Trinajstić information content (AvgIpc) is 3.46. The van der Waals surface area contributed by atoms with Gasteiger partial charge in [0.2, 0.25) is 5.91 Å². The molecule has 2 aromatic rings. The minimum atomic E-state index is -0.511. The van der Waals surface area contributed by atoms with Gasteiger partial charge in [0.15, 0.2) is 0 Å². The number of aromatic nitrogens is 2. The molecule has 4 rings (SSSR count). The molecule has 10 nitrogen and oxygen atoms in total. The van der Waals surface area contributed by atoms with Crippen LogP contribution in [-0.2, 0) is 27.6 Å². The van der Waals surface area contributed by atoms with Gasteiger partial charge in [-0.3, -0.25) is 19.7 Å².